The van der Waals surface area contributed by atoms with Crippen LogP contribution in [0.1, 0.15) is 17.3 Å². The second-order valence-corrected chi connectivity index (χ2v) is 5.14. The number of rotatable bonds is 5. The molecule has 1 amide bonds. The van der Waals surface area contributed by atoms with E-state index in [4.69, 9.17) is 9.57 Å². The van der Waals surface area contributed by atoms with Crippen LogP contribution in [0.5, 0.6) is 5.75 Å². The van der Waals surface area contributed by atoms with Crippen LogP contribution in [0.3, 0.4) is 0 Å². The number of carbonyl (C=O) groups excluding carboxylic acids is 2. The Morgan fingerprint density at radius 3 is 2.62 bits per heavy atom. The molecule has 1 heterocycles. The molecule has 0 aromatic heterocycles. The molecule has 1 fully saturated rings. The van der Waals surface area contributed by atoms with E-state index in [9.17, 15) is 9.59 Å². The lowest BCUT2D eigenvalue weighted by molar-refractivity contribution is -0.140. The number of benzene rings is 2. The summed E-state index contributed by atoms with van der Waals surface area (Å²) in [7, 11) is 0. The summed E-state index contributed by atoms with van der Waals surface area (Å²) < 4.78 is 5.38. The summed E-state index contributed by atoms with van der Waals surface area (Å²) in [6, 6.07) is 15.5. The lowest BCUT2D eigenvalue weighted by Gasteiger charge is -2.15. The highest BCUT2D eigenvalue weighted by Crippen LogP contribution is 2.24. The largest absolute Gasteiger partial charge is 0.494 e. The number of nitrogens with one attached hydrogen (secondary N) is 1. The first-order chi connectivity index (χ1) is 12.7. The topological polar surface area (TPSA) is 92.6 Å². The van der Waals surface area contributed by atoms with E-state index in [0.717, 1.165) is 0 Å². The van der Waals surface area contributed by atoms with Crippen LogP contribution in [-0.4, -0.2) is 18.5 Å². The number of hydrogen-bond acceptors (Lipinski definition) is 7. The normalized spacial score (nSPS) is 15.5. The Kier molecular flexibility index (Phi) is 5.35. The molecule has 0 aliphatic carbocycles. The highest BCUT2D eigenvalue weighted by atomic mass is 16.7. The van der Waals surface area contributed by atoms with E-state index >= 15 is 0 Å². The van der Waals surface area contributed by atoms with E-state index in [2.05, 4.69) is 15.8 Å². The number of nitrogens with zero attached hydrogens (tertiary/aromatic N) is 3. The molecule has 0 radical (unpaired) electrons. The van der Waals surface area contributed by atoms with Gasteiger partial charge in [0, 0.05) is 5.56 Å². The molecule has 2 aromatic rings. The van der Waals surface area contributed by atoms with Crippen LogP contribution in [0.25, 0.3) is 0 Å². The molecule has 1 aliphatic rings. The zero-order chi connectivity index (χ0) is 18.4. The number of hydrogen-bond donors (Lipinski definition) is 1. The molecule has 8 heteroatoms. The summed E-state index contributed by atoms with van der Waals surface area (Å²) in [5.41, 5.74) is 3.62. The van der Waals surface area contributed by atoms with Gasteiger partial charge in [-0.05, 0) is 43.3 Å². The molecule has 1 aliphatic heterocycles. The van der Waals surface area contributed by atoms with Gasteiger partial charge in [0.1, 0.15) is 5.75 Å². The second kappa shape index (κ2) is 8.04. The minimum atomic E-state index is -0.634. The Morgan fingerprint density at radius 1 is 1.19 bits per heavy atom. The van der Waals surface area contributed by atoms with Crippen molar-refractivity contribution in [3.63, 3.8) is 0 Å². The first kappa shape index (κ1) is 17.3. The van der Waals surface area contributed by atoms with Gasteiger partial charge in [-0.25, -0.2) is 9.80 Å². The Bertz CT molecular complexity index is 847. The van der Waals surface area contributed by atoms with Gasteiger partial charge in [0.15, 0.2) is 5.70 Å². The molecule has 132 valence electrons. The van der Waals surface area contributed by atoms with Crippen LogP contribution >= 0.6 is 0 Å². The standard InChI is InChI=1S/C18H16N4O4/c1-2-25-15-10-8-14(9-11-15)22-16(18(24)26-21-22)12-19-20-17(23)13-6-4-3-5-7-13/h3-12,21H,2H2,1H3/b16-12+,20-19?. The molecule has 3 rings (SSSR count). The maximum absolute atomic E-state index is 11.9. The molecule has 0 saturated carbocycles. The molecule has 2 aromatic carbocycles. The molecule has 26 heavy (non-hydrogen) atoms. The quantitative estimate of drug-likeness (QED) is 0.657. The fourth-order valence-electron chi connectivity index (χ4n) is 2.21. The predicted molar refractivity (Wildman–Crippen MR) is 93.0 cm³/mol. The Balaban J connectivity index is 1.76. The van der Waals surface area contributed by atoms with E-state index in [1.54, 1.807) is 54.6 Å². The third kappa shape index (κ3) is 3.93. The Morgan fingerprint density at radius 2 is 1.92 bits per heavy atom. The minimum absolute atomic E-state index is 0.0961. The van der Waals surface area contributed by atoms with Gasteiger partial charge in [-0.2, -0.15) is 5.11 Å². The lowest BCUT2D eigenvalue weighted by atomic mass is 10.2. The fourth-order valence-corrected chi connectivity index (χ4v) is 2.21. The third-order valence-corrected chi connectivity index (χ3v) is 3.43. The Hall–Kier alpha value is -3.52. The van der Waals surface area contributed by atoms with Crippen LogP contribution in [0.15, 0.2) is 76.7 Å². The van der Waals surface area contributed by atoms with E-state index in [-0.39, 0.29) is 5.70 Å². The molecule has 0 bridgehead atoms. The molecule has 0 unspecified atom stereocenters. The van der Waals surface area contributed by atoms with E-state index in [1.165, 1.54) is 11.2 Å². The summed E-state index contributed by atoms with van der Waals surface area (Å²) in [5, 5.41) is 8.69. The lowest BCUT2D eigenvalue weighted by Crippen LogP contribution is -2.28. The van der Waals surface area contributed by atoms with Gasteiger partial charge >= 0.3 is 5.97 Å². The summed E-state index contributed by atoms with van der Waals surface area (Å²) >= 11 is 0. The van der Waals surface area contributed by atoms with E-state index in [1.807, 2.05) is 6.92 Å². The number of ether oxygens (including phenoxy) is 1. The van der Waals surface area contributed by atoms with Gasteiger partial charge in [0.05, 0.1) is 18.5 Å². The summed E-state index contributed by atoms with van der Waals surface area (Å²) in [5.74, 6) is -0.430. The average Bonchev–Trinajstić information content (AvgIpc) is 3.04. The highest BCUT2D eigenvalue weighted by molar-refractivity contribution is 5.95. The fraction of sp³-hybridized carbons (Fsp3) is 0.111. The van der Waals surface area contributed by atoms with Crippen molar-refractivity contribution in [2.24, 2.45) is 10.2 Å². The van der Waals surface area contributed by atoms with Crippen molar-refractivity contribution >= 4 is 17.6 Å². The van der Waals surface area contributed by atoms with Gasteiger partial charge in [0.25, 0.3) is 5.91 Å². The molecular weight excluding hydrogens is 336 g/mol. The number of anilines is 1. The average molecular weight is 352 g/mol. The second-order valence-electron chi connectivity index (χ2n) is 5.14. The minimum Gasteiger partial charge on any atom is -0.494 e. The monoisotopic (exact) mass is 352 g/mol. The zero-order valence-corrected chi connectivity index (χ0v) is 14.0. The van der Waals surface area contributed by atoms with E-state index < -0.39 is 11.9 Å². The summed E-state index contributed by atoms with van der Waals surface area (Å²) in [6.45, 7) is 2.45. The maximum atomic E-state index is 11.9. The van der Waals surface area contributed by atoms with Crippen molar-refractivity contribution in [1.29, 1.82) is 0 Å². The van der Waals surface area contributed by atoms with Gasteiger partial charge in [-0.1, -0.05) is 23.8 Å². The van der Waals surface area contributed by atoms with E-state index in [0.29, 0.717) is 23.6 Å². The highest BCUT2D eigenvalue weighted by Gasteiger charge is 2.29. The first-order valence-electron chi connectivity index (χ1n) is 7.89. The molecular formula is C18H16N4O4. The molecule has 0 spiro atoms. The predicted octanol–water partition coefficient (Wildman–Crippen LogP) is 3.00. The van der Waals surface area contributed by atoms with Crippen LogP contribution in [0.2, 0.25) is 0 Å². The van der Waals surface area contributed by atoms with Crippen LogP contribution < -0.4 is 15.3 Å². The third-order valence-electron chi connectivity index (χ3n) is 3.43. The molecule has 8 nitrogen and oxygen atoms in total. The SMILES string of the molecule is CCOc1ccc(N2NOC(=O)/C2=C\N=NC(=O)c2ccccc2)cc1. The Labute approximate surface area is 149 Å². The number of carbonyl (C=O) groups is 2. The van der Waals surface area contributed by atoms with Gasteiger partial charge in [0.2, 0.25) is 0 Å². The molecule has 1 N–H and O–H groups in total. The van der Waals surface area contributed by atoms with Crippen LogP contribution in [0, 0.1) is 0 Å². The van der Waals surface area contributed by atoms with Gasteiger partial charge < -0.3 is 9.57 Å². The van der Waals surface area contributed by atoms with Crippen molar-refractivity contribution in [3.8, 4) is 5.75 Å². The van der Waals surface area contributed by atoms with Gasteiger partial charge in [-0.15, -0.1) is 5.11 Å². The van der Waals surface area contributed by atoms with Crippen molar-refractivity contribution in [2.45, 2.75) is 6.92 Å². The van der Waals surface area contributed by atoms with Crippen molar-refractivity contribution in [1.82, 2.24) is 5.59 Å². The van der Waals surface area contributed by atoms with Crippen molar-refractivity contribution in [2.75, 3.05) is 11.6 Å². The molecule has 0 atom stereocenters. The molecule has 1 saturated heterocycles. The van der Waals surface area contributed by atoms with Crippen LogP contribution in [-0.2, 0) is 9.63 Å². The number of hydrazine groups is 1. The smallest absolute Gasteiger partial charge is 0.378 e. The van der Waals surface area contributed by atoms with Crippen LogP contribution in [0.4, 0.5) is 5.69 Å². The number of amides is 1. The summed E-state index contributed by atoms with van der Waals surface area (Å²) in [4.78, 5) is 28.6. The van der Waals surface area contributed by atoms with Crippen molar-refractivity contribution in [3.05, 3.63) is 72.1 Å². The number of azo groups is 1. The zero-order valence-electron chi connectivity index (χ0n) is 14.0. The van der Waals surface area contributed by atoms with Crippen molar-refractivity contribution < 1.29 is 19.2 Å². The maximum Gasteiger partial charge on any atom is 0.378 e. The van der Waals surface area contributed by atoms with Gasteiger partial charge in [-0.3, -0.25) is 4.79 Å². The summed E-state index contributed by atoms with van der Waals surface area (Å²) in [6.07, 6.45) is 1.17. The first-order valence-corrected chi connectivity index (χ1v) is 7.89.